The molecule has 1 unspecified atom stereocenters. The van der Waals surface area contributed by atoms with E-state index in [0.717, 1.165) is 6.42 Å². The van der Waals surface area contributed by atoms with Crippen molar-refractivity contribution in [2.45, 2.75) is 25.5 Å². The van der Waals surface area contributed by atoms with Gasteiger partial charge in [0.1, 0.15) is 24.6 Å². The van der Waals surface area contributed by atoms with Crippen molar-refractivity contribution in [2.75, 3.05) is 36.0 Å². The first kappa shape index (κ1) is 18.2. The number of rotatable bonds is 5. The van der Waals surface area contributed by atoms with Crippen molar-refractivity contribution < 1.29 is 18.7 Å². The highest BCUT2D eigenvalue weighted by Crippen LogP contribution is 2.31. The molecular formula is C18H21FN6O3. The maximum absolute atomic E-state index is 14.8. The SMILES string of the molecule is CC(=O)NC[C@H]1CN(c2ccc(N3CCC(n4cncn4)C3)c(F)c2)C(=O)O1. The standard InChI is InChI=1S/C18H21FN6O3/c1-12(26)21-7-15-9-24(18(27)28-15)13-2-3-17(16(19)6-13)23-5-4-14(8-23)25-11-20-10-22-25/h2-3,6,10-11,14-15H,4-5,7-9H2,1H3,(H,21,26)/t14?,15-/m0/s1. The number of hydrogen-bond donors (Lipinski definition) is 1. The second-order valence-corrected chi connectivity index (χ2v) is 6.95. The van der Waals surface area contributed by atoms with E-state index in [1.165, 1.54) is 24.2 Å². The fraction of sp³-hybridized carbons (Fsp3) is 0.444. The summed E-state index contributed by atoms with van der Waals surface area (Å²) in [7, 11) is 0. The van der Waals surface area contributed by atoms with E-state index in [9.17, 15) is 14.0 Å². The number of carbonyl (C=O) groups is 2. The van der Waals surface area contributed by atoms with Gasteiger partial charge in [-0.15, -0.1) is 0 Å². The first-order chi connectivity index (χ1) is 13.5. The molecule has 1 aromatic carbocycles. The van der Waals surface area contributed by atoms with E-state index in [0.29, 0.717) is 24.5 Å². The summed E-state index contributed by atoms with van der Waals surface area (Å²) >= 11 is 0. The van der Waals surface area contributed by atoms with Gasteiger partial charge in [0.25, 0.3) is 0 Å². The molecule has 0 aliphatic carbocycles. The van der Waals surface area contributed by atoms with Crippen molar-refractivity contribution in [1.29, 1.82) is 0 Å². The van der Waals surface area contributed by atoms with Crippen LogP contribution >= 0.6 is 0 Å². The number of benzene rings is 1. The Kier molecular flexibility index (Phi) is 4.84. The number of amides is 2. The number of hydrogen-bond acceptors (Lipinski definition) is 6. The highest BCUT2D eigenvalue weighted by atomic mass is 19.1. The third-order valence-electron chi connectivity index (χ3n) is 5.01. The van der Waals surface area contributed by atoms with Crippen LogP contribution in [0.4, 0.5) is 20.6 Å². The van der Waals surface area contributed by atoms with Crippen LogP contribution in [0.2, 0.25) is 0 Å². The van der Waals surface area contributed by atoms with E-state index in [-0.39, 0.29) is 25.0 Å². The van der Waals surface area contributed by atoms with Crippen LogP contribution in [0.25, 0.3) is 0 Å². The Morgan fingerprint density at radius 3 is 2.96 bits per heavy atom. The lowest BCUT2D eigenvalue weighted by molar-refractivity contribution is -0.119. The van der Waals surface area contributed by atoms with Gasteiger partial charge in [0.05, 0.1) is 30.5 Å². The molecule has 0 radical (unpaired) electrons. The van der Waals surface area contributed by atoms with Crippen LogP contribution in [0.5, 0.6) is 0 Å². The summed E-state index contributed by atoms with van der Waals surface area (Å²) in [6.07, 6.45) is 3.01. The molecular weight excluding hydrogens is 367 g/mol. The fourth-order valence-corrected chi connectivity index (χ4v) is 3.60. The molecule has 4 rings (SSSR count). The molecule has 3 heterocycles. The third-order valence-corrected chi connectivity index (χ3v) is 5.01. The van der Waals surface area contributed by atoms with Crippen LogP contribution < -0.4 is 15.1 Å². The molecule has 2 atom stereocenters. The zero-order chi connectivity index (χ0) is 19.7. The van der Waals surface area contributed by atoms with E-state index in [2.05, 4.69) is 15.4 Å². The summed E-state index contributed by atoms with van der Waals surface area (Å²) < 4.78 is 21.8. The molecule has 2 fully saturated rings. The number of carbonyl (C=O) groups excluding carboxylic acids is 2. The molecule has 0 spiro atoms. The molecule has 1 aromatic heterocycles. The predicted octanol–water partition coefficient (Wildman–Crippen LogP) is 1.33. The van der Waals surface area contributed by atoms with Gasteiger partial charge in [-0.2, -0.15) is 5.10 Å². The maximum atomic E-state index is 14.8. The number of nitrogens with one attached hydrogen (secondary N) is 1. The summed E-state index contributed by atoms with van der Waals surface area (Å²) in [4.78, 5) is 30.4. The average molecular weight is 388 g/mol. The molecule has 2 saturated heterocycles. The molecule has 148 valence electrons. The highest BCUT2D eigenvalue weighted by molar-refractivity contribution is 5.90. The Balaban J connectivity index is 1.43. The van der Waals surface area contributed by atoms with Crippen LogP contribution in [0.15, 0.2) is 30.9 Å². The predicted molar refractivity (Wildman–Crippen MR) is 98.6 cm³/mol. The normalized spacial score (nSPS) is 21.9. The van der Waals surface area contributed by atoms with Gasteiger partial charge in [-0.05, 0) is 24.6 Å². The van der Waals surface area contributed by atoms with Gasteiger partial charge in [-0.3, -0.25) is 9.69 Å². The smallest absolute Gasteiger partial charge is 0.414 e. The molecule has 2 aromatic rings. The van der Waals surface area contributed by atoms with Gasteiger partial charge in [0.15, 0.2) is 0 Å². The molecule has 2 aliphatic heterocycles. The van der Waals surface area contributed by atoms with Gasteiger partial charge < -0.3 is 15.0 Å². The Labute approximate surface area is 161 Å². The Hall–Kier alpha value is -3.17. The van der Waals surface area contributed by atoms with Gasteiger partial charge in [0, 0.05) is 20.0 Å². The molecule has 1 N–H and O–H groups in total. The average Bonchev–Trinajstić information content (AvgIpc) is 3.40. The van der Waals surface area contributed by atoms with Gasteiger partial charge >= 0.3 is 6.09 Å². The number of nitrogens with zero attached hydrogens (tertiary/aromatic N) is 5. The number of aromatic nitrogens is 3. The van der Waals surface area contributed by atoms with Gasteiger partial charge in [-0.1, -0.05) is 0 Å². The highest BCUT2D eigenvalue weighted by Gasteiger charge is 2.33. The minimum absolute atomic E-state index is 0.157. The zero-order valence-corrected chi connectivity index (χ0v) is 15.4. The maximum Gasteiger partial charge on any atom is 0.414 e. The molecule has 9 nitrogen and oxygen atoms in total. The number of halogens is 1. The van der Waals surface area contributed by atoms with Crippen LogP contribution in [0, 0.1) is 5.82 Å². The monoisotopic (exact) mass is 388 g/mol. The molecule has 0 saturated carbocycles. The quantitative estimate of drug-likeness (QED) is 0.831. The van der Waals surface area contributed by atoms with Crippen LogP contribution in [-0.2, 0) is 9.53 Å². The summed E-state index contributed by atoms with van der Waals surface area (Å²) in [5.74, 6) is -0.588. The largest absolute Gasteiger partial charge is 0.442 e. The van der Waals surface area contributed by atoms with Crippen LogP contribution in [-0.4, -0.2) is 59.0 Å². The second kappa shape index (κ2) is 7.45. The summed E-state index contributed by atoms with van der Waals surface area (Å²) in [5, 5.41) is 6.78. The fourth-order valence-electron chi connectivity index (χ4n) is 3.60. The number of cyclic esters (lactones) is 1. The summed E-state index contributed by atoms with van der Waals surface area (Å²) in [6, 6.07) is 4.90. The van der Waals surface area contributed by atoms with Gasteiger partial charge in [-0.25, -0.2) is 18.9 Å². The van der Waals surface area contributed by atoms with E-state index >= 15 is 0 Å². The minimum atomic E-state index is -0.546. The summed E-state index contributed by atoms with van der Waals surface area (Å²) in [5.41, 5.74) is 0.928. The van der Waals surface area contributed by atoms with Gasteiger partial charge in [0.2, 0.25) is 5.91 Å². The van der Waals surface area contributed by atoms with Crippen LogP contribution in [0.1, 0.15) is 19.4 Å². The molecule has 10 heteroatoms. The van der Waals surface area contributed by atoms with Crippen molar-refractivity contribution in [2.24, 2.45) is 0 Å². The van der Waals surface area contributed by atoms with E-state index in [1.54, 1.807) is 23.1 Å². The first-order valence-corrected chi connectivity index (χ1v) is 9.12. The number of ether oxygens (including phenoxy) is 1. The Bertz CT molecular complexity index is 874. The molecule has 2 aliphatic rings. The van der Waals surface area contributed by atoms with Crippen molar-refractivity contribution in [3.05, 3.63) is 36.7 Å². The second-order valence-electron chi connectivity index (χ2n) is 6.95. The van der Waals surface area contributed by atoms with Crippen LogP contribution in [0.3, 0.4) is 0 Å². The van der Waals surface area contributed by atoms with Crippen molar-refractivity contribution in [3.8, 4) is 0 Å². The third kappa shape index (κ3) is 3.62. The van der Waals surface area contributed by atoms with E-state index in [1.807, 2.05) is 4.90 Å². The lowest BCUT2D eigenvalue weighted by Gasteiger charge is -2.21. The zero-order valence-electron chi connectivity index (χ0n) is 15.4. The number of anilines is 2. The molecule has 28 heavy (non-hydrogen) atoms. The van der Waals surface area contributed by atoms with Crippen molar-refractivity contribution in [1.82, 2.24) is 20.1 Å². The lowest BCUT2D eigenvalue weighted by atomic mass is 10.2. The lowest BCUT2D eigenvalue weighted by Crippen LogP contribution is -2.33. The first-order valence-electron chi connectivity index (χ1n) is 9.12. The Morgan fingerprint density at radius 1 is 1.39 bits per heavy atom. The van der Waals surface area contributed by atoms with Crippen molar-refractivity contribution in [3.63, 3.8) is 0 Å². The summed E-state index contributed by atoms with van der Waals surface area (Å²) in [6.45, 7) is 3.25. The minimum Gasteiger partial charge on any atom is -0.442 e. The topological polar surface area (TPSA) is 92.6 Å². The Morgan fingerprint density at radius 2 is 2.25 bits per heavy atom. The van der Waals surface area contributed by atoms with E-state index in [4.69, 9.17) is 4.74 Å². The molecule has 2 amide bonds. The van der Waals surface area contributed by atoms with E-state index < -0.39 is 18.0 Å². The molecule has 0 bridgehead atoms. The van der Waals surface area contributed by atoms with Crippen molar-refractivity contribution >= 4 is 23.4 Å².